The number of anilines is 2. The van der Waals surface area contributed by atoms with Gasteiger partial charge in [0, 0.05) is 17.8 Å². The fourth-order valence-corrected chi connectivity index (χ4v) is 7.31. The van der Waals surface area contributed by atoms with Gasteiger partial charge in [-0.15, -0.1) is 11.3 Å². The van der Waals surface area contributed by atoms with Crippen LogP contribution in [-0.4, -0.2) is 16.9 Å². The predicted octanol–water partition coefficient (Wildman–Crippen LogP) is 5.42. The van der Waals surface area contributed by atoms with E-state index in [1.165, 1.54) is 49.9 Å². The zero-order valence-electron chi connectivity index (χ0n) is 17.4. The van der Waals surface area contributed by atoms with E-state index >= 15 is 0 Å². The summed E-state index contributed by atoms with van der Waals surface area (Å²) < 4.78 is 0. The highest BCUT2D eigenvalue weighted by Crippen LogP contribution is 2.61. The first-order valence-corrected chi connectivity index (χ1v) is 12.3. The lowest BCUT2D eigenvalue weighted by molar-refractivity contribution is -0.127. The highest BCUT2D eigenvalue weighted by molar-refractivity contribution is 7.80. The maximum atomic E-state index is 12.8. The Balaban J connectivity index is 1.15. The van der Waals surface area contributed by atoms with Crippen LogP contribution in [0.3, 0.4) is 0 Å². The molecule has 31 heavy (non-hydrogen) atoms. The van der Waals surface area contributed by atoms with Crippen molar-refractivity contribution in [2.45, 2.75) is 44.9 Å². The molecule has 2 aromatic rings. The highest BCUT2D eigenvalue weighted by Gasteiger charge is 2.51. The third-order valence-corrected chi connectivity index (χ3v) is 8.15. The number of carbonyl (C=O) groups excluding carboxylic acids is 2. The van der Waals surface area contributed by atoms with Gasteiger partial charge in [0.15, 0.2) is 5.11 Å². The monoisotopic (exact) mass is 453 g/mol. The van der Waals surface area contributed by atoms with Crippen LogP contribution >= 0.6 is 23.6 Å². The molecule has 4 saturated carbocycles. The van der Waals surface area contributed by atoms with Gasteiger partial charge < -0.3 is 16.0 Å². The maximum Gasteiger partial charge on any atom is 0.265 e. The van der Waals surface area contributed by atoms with Gasteiger partial charge in [0.05, 0.1) is 4.88 Å². The number of thiophene rings is 1. The fourth-order valence-electron chi connectivity index (χ4n) is 6.46. The molecule has 0 saturated heterocycles. The molecule has 4 aliphatic carbocycles. The summed E-state index contributed by atoms with van der Waals surface area (Å²) in [6, 6.07) is 11.0. The summed E-state index contributed by atoms with van der Waals surface area (Å²) in [5.74, 6) is 2.36. The van der Waals surface area contributed by atoms with Crippen LogP contribution in [0, 0.1) is 23.2 Å². The molecule has 5 nitrogen and oxygen atoms in total. The van der Waals surface area contributed by atoms with Gasteiger partial charge in [0.2, 0.25) is 5.91 Å². The summed E-state index contributed by atoms with van der Waals surface area (Å²) in [5, 5.41) is 11.0. The molecule has 0 aliphatic heterocycles. The molecule has 162 valence electrons. The largest absolute Gasteiger partial charge is 0.332 e. The van der Waals surface area contributed by atoms with Crippen molar-refractivity contribution in [1.82, 2.24) is 5.32 Å². The van der Waals surface area contributed by atoms with Crippen molar-refractivity contribution in [2.75, 3.05) is 10.6 Å². The molecule has 0 spiro atoms. The Morgan fingerprint density at radius 3 is 2.23 bits per heavy atom. The number of hydrogen-bond acceptors (Lipinski definition) is 4. The second kappa shape index (κ2) is 8.36. The molecule has 2 amide bonds. The molecule has 0 atom stereocenters. The van der Waals surface area contributed by atoms with Gasteiger partial charge in [-0.3, -0.25) is 9.59 Å². The van der Waals surface area contributed by atoms with E-state index in [2.05, 4.69) is 16.0 Å². The topological polar surface area (TPSA) is 70.2 Å². The number of amides is 2. The van der Waals surface area contributed by atoms with Crippen LogP contribution in [0.5, 0.6) is 0 Å². The standard InChI is InChI=1S/C24H27N3O2S2/c28-21(14-24-11-15-7-16(12-24)9-17(8-15)13-24)27-23(30)26-19-4-1-3-18(10-19)25-22(29)20-5-2-6-31-20/h1-6,10,15-17H,7-9,11-14H2,(H,25,29)(H2,26,27,28,30). The molecule has 4 fully saturated rings. The summed E-state index contributed by atoms with van der Waals surface area (Å²) in [7, 11) is 0. The van der Waals surface area contributed by atoms with E-state index in [1.54, 1.807) is 6.07 Å². The lowest BCUT2D eigenvalue weighted by atomic mass is 9.49. The van der Waals surface area contributed by atoms with Crippen molar-refractivity contribution in [2.24, 2.45) is 23.2 Å². The first-order valence-electron chi connectivity index (χ1n) is 11.0. The molecule has 1 aromatic heterocycles. The summed E-state index contributed by atoms with van der Waals surface area (Å²) in [6.45, 7) is 0. The summed E-state index contributed by atoms with van der Waals surface area (Å²) in [5.41, 5.74) is 1.59. The van der Waals surface area contributed by atoms with Crippen molar-refractivity contribution in [1.29, 1.82) is 0 Å². The molecule has 3 N–H and O–H groups in total. The quantitative estimate of drug-likeness (QED) is 0.529. The average Bonchev–Trinajstić information content (AvgIpc) is 3.21. The number of thiocarbonyl (C=S) groups is 1. The van der Waals surface area contributed by atoms with E-state index in [0.29, 0.717) is 22.1 Å². The Bertz CT molecular complexity index is 967. The normalized spacial score (nSPS) is 28.2. The van der Waals surface area contributed by atoms with Crippen molar-refractivity contribution in [3.05, 3.63) is 46.7 Å². The molecule has 0 radical (unpaired) electrons. The molecular formula is C24H27N3O2S2. The Labute approximate surface area is 192 Å². The zero-order valence-corrected chi connectivity index (χ0v) is 19.0. The van der Waals surface area contributed by atoms with Crippen LogP contribution in [0.4, 0.5) is 11.4 Å². The van der Waals surface area contributed by atoms with Gasteiger partial charge in [-0.05, 0) is 104 Å². The third-order valence-electron chi connectivity index (χ3n) is 7.08. The second-order valence-electron chi connectivity index (χ2n) is 9.61. The molecule has 1 heterocycles. The van der Waals surface area contributed by atoms with Crippen molar-refractivity contribution in [3.8, 4) is 0 Å². The van der Waals surface area contributed by atoms with Crippen LogP contribution in [0.2, 0.25) is 0 Å². The lowest BCUT2D eigenvalue weighted by Crippen LogP contribution is -2.48. The van der Waals surface area contributed by atoms with Gasteiger partial charge in [0.25, 0.3) is 5.91 Å². The first kappa shape index (κ1) is 20.6. The van der Waals surface area contributed by atoms with Gasteiger partial charge in [-0.25, -0.2) is 0 Å². The van der Waals surface area contributed by atoms with Gasteiger partial charge in [-0.2, -0.15) is 0 Å². The summed E-state index contributed by atoms with van der Waals surface area (Å²) in [4.78, 5) is 25.7. The highest BCUT2D eigenvalue weighted by atomic mass is 32.1. The number of hydrogen-bond donors (Lipinski definition) is 3. The molecule has 6 rings (SSSR count). The van der Waals surface area contributed by atoms with Crippen LogP contribution in [-0.2, 0) is 4.79 Å². The Kier molecular flexibility index (Phi) is 5.56. The maximum absolute atomic E-state index is 12.8. The summed E-state index contributed by atoms with van der Waals surface area (Å²) in [6.07, 6.45) is 8.33. The first-order chi connectivity index (χ1) is 15.0. The van der Waals surface area contributed by atoms with Gasteiger partial charge in [-0.1, -0.05) is 12.1 Å². The van der Waals surface area contributed by atoms with E-state index in [1.807, 2.05) is 35.7 Å². The van der Waals surface area contributed by atoms with Crippen molar-refractivity contribution in [3.63, 3.8) is 0 Å². The Hall–Kier alpha value is -2.25. The van der Waals surface area contributed by atoms with Crippen LogP contribution < -0.4 is 16.0 Å². The minimum atomic E-state index is -0.140. The van der Waals surface area contributed by atoms with Crippen molar-refractivity contribution < 1.29 is 9.59 Å². The predicted molar refractivity (Wildman–Crippen MR) is 128 cm³/mol. The molecule has 7 heteroatoms. The molecule has 1 aromatic carbocycles. The third kappa shape index (κ3) is 4.67. The molecular weight excluding hydrogens is 426 g/mol. The number of rotatable bonds is 5. The van der Waals surface area contributed by atoms with Crippen LogP contribution in [0.25, 0.3) is 0 Å². The van der Waals surface area contributed by atoms with E-state index in [-0.39, 0.29) is 17.2 Å². The number of nitrogens with one attached hydrogen (secondary N) is 3. The lowest BCUT2D eigenvalue weighted by Gasteiger charge is -2.56. The zero-order chi connectivity index (χ0) is 21.4. The minimum absolute atomic E-state index is 0.0154. The summed E-state index contributed by atoms with van der Waals surface area (Å²) >= 11 is 6.79. The molecule has 4 aliphatic rings. The van der Waals surface area contributed by atoms with Crippen LogP contribution in [0.1, 0.15) is 54.6 Å². The Morgan fingerprint density at radius 1 is 0.968 bits per heavy atom. The van der Waals surface area contributed by atoms with E-state index in [9.17, 15) is 9.59 Å². The van der Waals surface area contributed by atoms with E-state index < -0.39 is 0 Å². The van der Waals surface area contributed by atoms with E-state index in [4.69, 9.17) is 12.2 Å². The van der Waals surface area contributed by atoms with Gasteiger partial charge in [0.1, 0.15) is 0 Å². The second-order valence-corrected chi connectivity index (χ2v) is 11.0. The van der Waals surface area contributed by atoms with Gasteiger partial charge >= 0.3 is 0 Å². The molecule has 0 unspecified atom stereocenters. The SMILES string of the molecule is O=C(CC12CC3CC(CC(C3)C1)C2)NC(=S)Nc1cccc(NC(=O)c2cccs2)c1. The van der Waals surface area contributed by atoms with E-state index in [0.717, 1.165) is 23.4 Å². The number of benzene rings is 1. The smallest absolute Gasteiger partial charge is 0.265 e. The van der Waals surface area contributed by atoms with Crippen molar-refractivity contribution >= 4 is 51.9 Å². The van der Waals surface area contributed by atoms with Crippen LogP contribution in [0.15, 0.2) is 41.8 Å². The number of carbonyl (C=O) groups is 2. The average molecular weight is 454 g/mol. The molecule has 4 bridgehead atoms. The fraction of sp³-hybridized carbons (Fsp3) is 0.458. The minimum Gasteiger partial charge on any atom is -0.332 e. The Morgan fingerprint density at radius 2 is 1.61 bits per heavy atom.